The van der Waals surface area contributed by atoms with E-state index in [4.69, 9.17) is 9.72 Å². The lowest BCUT2D eigenvalue weighted by molar-refractivity contribution is 0.208. The van der Waals surface area contributed by atoms with Crippen LogP contribution >= 0.6 is 27.3 Å². The van der Waals surface area contributed by atoms with Gasteiger partial charge < -0.3 is 19.9 Å². The van der Waals surface area contributed by atoms with E-state index >= 15 is 0 Å². The topological polar surface area (TPSA) is 57.7 Å². The van der Waals surface area contributed by atoms with Gasteiger partial charge in [-0.05, 0) is 30.3 Å². The molecule has 1 aliphatic heterocycles. The summed E-state index contributed by atoms with van der Waals surface area (Å²) in [4.78, 5) is 21.4. The Bertz CT molecular complexity index is 969. The van der Waals surface area contributed by atoms with Crippen LogP contribution in [-0.2, 0) is 0 Å². The molecule has 0 radical (unpaired) electrons. The molecule has 3 aromatic rings. The molecule has 0 aliphatic carbocycles. The van der Waals surface area contributed by atoms with Gasteiger partial charge >= 0.3 is 6.03 Å². The maximum absolute atomic E-state index is 12.6. The van der Waals surface area contributed by atoms with Gasteiger partial charge in [0.1, 0.15) is 5.75 Å². The van der Waals surface area contributed by atoms with Gasteiger partial charge in [-0.15, -0.1) is 0 Å². The number of piperazine rings is 1. The molecule has 27 heavy (non-hydrogen) atoms. The van der Waals surface area contributed by atoms with Gasteiger partial charge in [-0.2, -0.15) is 0 Å². The third-order valence-corrected chi connectivity index (χ3v) is 6.10. The predicted molar refractivity (Wildman–Crippen MR) is 113 cm³/mol. The van der Waals surface area contributed by atoms with Crippen molar-refractivity contribution in [2.75, 3.05) is 43.5 Å². The highest BCUT2D eigenvalue weighted by Gasteiger charge is 2.23. The smallest absolute Gasteiger partial charge is 0.322 e. The summed E-state index contributed by atoms with van der Waals surface area (Å²) in [6.07, 6.45) is 0. The van der Waals surface area contributed by atoms with Crippen molar-refractivity contribution in [3.8, 4) is 5.75 Å². The van der Waals surface area contributed by atoms with Gasteiger partial charge in [0.2, 0.25) is 0 Å². The van der Waals surface area contributed by atoms with Crippen LogP contribution in [0.3, 0.4) is 0 Å². The molecule has 2 aromatic carbocycles. The third kappa shape index (κ3) is 3.86. The van der Waals surface area contributed by atoms with Crippen molar-refractivity contribution in [2.45, 2.75) is 0 Å². The lowest BCUT2D eigenvalue weighted by atomic mass is 10.3. The average molecular weight is 447 g/mol. The molecule has 6 nitrogen and oxygen atoms in total. The van der Waals surface area contributed by atoms with E-state index in [1.807, 2.05) is 41.3 Å². The molecule has 140 valence electrons. The number of para-hydroxylation sites is 2. The van der Waals surface area contributed by atoms with Gasteiger partial charge in [0, 0.05) is 30.7 Å². The Balaban J connectivity index is 1.40. The molecule has 0 bridgehead atoms. The fourth-order valence-electron chi connectivity index (χ4n) is 3.06. The fraction of sp³-hybridized carbons (Fsp3) is 0.263. The highest BCUT2D eigenvalue weighted by Crippen LogP contribution is 2.31. The second-order valence-electron chi connectivity index (χ2n) is 6.21. The molecule has 2 heterocycles. The molecule has 1 saturated heterocycles. The van der Waals surface area contributed by atoms with E-state index in [-0.39, 0.29) is 6.03 Å². The SMILES string of the molecule is COc1ccccc1NC(=O)N1CCN(c2nc3ccc(Br)cc3s2)CC1. The average Bonchev–Trinajstić information content (AvgIpc) is 3.11. The second kappa shape index (κ2) is 7.74. The summed E-state index contributed by atoms with van der Waals surface area (Å²) in [5, 5.41) is 3.95. The number of thiazole rings is 1. The van der Waals surface area contributed by atoms with E-state index in [0.717, 1.165) is 32.9 Å². The number of anilines is 2. The number of hydrogen-bond acceptors (Lipinski definition) is 5. The number of methoxy groups -OCH3 is 1. The number of urea groups is 1. The molecule has 0 spiro atoms. The molecule has 0 saturated carbocycles. The van der Waals surface area contributed by atoms with Crippen molar-refractivity contribution in [3.05, 3.63) is 46.9 Å². The Morgan fingerprint density at radius 3 is 2.74 bits per heavy atom. The maximum atomic E-state index is 12.6. The number of amides is 2. The zero-order valence-electron chi connectivity index (χ0n) is 14.8. The van der Waals surface area contributed by atoms with Crippen LogP contribution in [0.2, 0.25) is 0 Å². The molecule has 1 aliphatic rings. The number of nitrogens with zero attached hydrogens (tertiary/aromatic N) is 3. The Morgan fingerprint density at radius 1 is 1.19 bits per heavy atom. The highest BCUT2D eigenvalue weighted by atomic mass is 79.9. The number of aromatic nitrogens is 1. The van der Waals surface area contributed by atoms with Crippen molar-refractivity contribution in [1.29, 1.82) is 0 Å². The van der Waals surface area contributed by atoms with Gasteiger partial charge in [-0.25, -0.2) is 9.78 Å². The van der Waals surface area contributed by atoms with Gasteiger partial charge in [-0.1, -0.05) is 39.4 Å². The first-order chi connectivity index (χ1) is 13.1. The van der Waals surface area contributed by atoms with Crippen LogP contribution in [0.1, 0.15) is 0 Å². The number of rotatable bonds is 3. The number of halogens is 1. The number of benzene rings is 2. The Labute approximate surface area is 169 Å². The van der Waals surface area contributed by atoms with E-state index in [1.165, 1.54) is 0 Å². The molecule has 1 aromatic heterocycles. The Morgan fingerprint density at radius 2 is 1.96 bits per heavy atom. The molecule has 4 rings (SSSR count). The predicted octanol–water partition coefficient (Wildman–Crippen LogP) is 4.42. The van der Waals surface area contributed by atoms with E-state index in [9.17, 15) is 4.79 Å². The molecule has 8 heteroatoms. The highest BCUT2D eigenvalue weighted by molar-refractivity contribution is 9.10. The van der Waals surface area contributed by atoms with Crippen molar-refractivity contribution < 1.29 is 9.53 Å². The monoisotopic (exact) mass is 446 g/mol. The largest absolute Gasteiger partial charge is 0.495 e. The first-order valence-corrected chi connectivity index (χ1v) is 10.2. The van der Waals surface area contributed by atoms with E-state index in [2.05, 4.69) is 32.2 Å². The Hall–Kier alpha value is -2.32. The van der Waals surface area contributed by atoms with Crippen molar-refractivity contribution in [1.82, 2.24) is 9.88 Å². The van der Waals surface area contributed by atoms with E-state index in [1.54, 1.807) is 18.4 Å². The van der Waals surface area contributed by atoms with Crippen LogP contribution in [0.4, 0.5) is 15.6 Å². The normalized spacial score (nSPS) is 14.4. The summed E-state index contributed by atoms with van der Waals surface area (Å²) in [6.45, 7) is 2.84. The molecule has 2 amide bonds. The van der Waals surface area contributed by atoms with E-state index in [0.29, 0.717) is 24.5 Å². The summed E-state index contributed by atoms with van der Waals surface area (Å²) in [5.41, 5.74) is 1.69. The van der Waals surface area contributed by atoms with Crippen molar-refractivity contribution >= 4 is 54.3 Å². The number of hydrogen-bond donors (Lipinski definition) is 1. The van der Waals surface area contributed by atoms with Gasteiger partial charge in [0.05, 0.1) is 23.0 Å². The van der Waals surface area contributed by atoms with Crippen LogP contribution in [0.15, 0.2) is 46.9 Å². The molecular formula is C19H19BrN4O2S. The second-order valence-corrected chi connectivity index (χ2v) is 8.14. The zero-order chi connectivity index (χ0) is 18.8. The summed E-state index contributed by atoms with van der Waals surface area (Å²) in [5.74, 6) is 0.658. The van der Waals surface area contributed by atoms with Crippen molar-refractivity contribution in [3.63, 3.8) is 0 Å². The number of nitrogens with one attached hydrogen (secondary N) is 1. The minimum Gasteiger partial charge on any atom is -0.495 e. The third-order valence-electron chi connectivity index (χ3n) is 4.53. The van der Waals surface area contributed by atoms with Crippen molar-refractivity contribution in [2.24, 2.45) is 0 Å². The number of carbonyl (C=O) groups excluding carboxylic acids is 1. The van der Waals surface area contributed by atoms with Crippen LogP contribution in [0.5, 0.6) is 5.75 Å². The van der Waals surface area contributed by atoms with E-state index < -0.39 is 0 Å². The minimum absolute atomic E-state index is 0.104. The first kappa shape index (κ1) is 18.1. The quantitative estimate of drug-likeness (QED) is 0.646. The maximum Gasteiger partial charge on any atom is 0.322 e. The van der Waals surface area contributed by atoms with Crippen LogP contribution in [0, 0.1) is 0 Å². The fourth-order valence-corrected chi connectivity index (χ4v) is 4.63. The summed E-state index contributed by atoms with van der Waals surface area (Å²) in [7, 11) is 1.60. The Kier molecular flexibility index (Phi) is 5.18. The zero-order valence-corrected chi connectivity index (χ0v) is 17.2. The summed E-state index contributed by atoms with van der Waals surface area (Å²) in [6, 6.07) is 13.4. The number of carbonyl (C=O) groups is 1. The molecular weight excluding hydrogens is 428 g/mol. The molecule has 1 fully saturated rings. The van der Waals surface area contributed by atoms with Gasteiger partial charge in [-0.3, -0.25) is 0 Å². The lowest BCUT2D eigenvalue weighted by Crippen LogP contribution is -2.50. The van der Waals surface area contributed by atoms with Crippen LogP contribution in [-0.4, -0.2) is 49.2 Å². The van der Waals surface area contributed by atoms with Crippen LogP contribution in [0.25, 0.3) is 10.2 Å². The molecule has 0 unspecified atom stereocenters. The lowest BCUT2D eigenvalue weighted by Gasteiger charge is -2.34. The van der Waals surface area contributed by atoms with Gasteiger partial charge in [0.15, 0.2) is 5.13 Å². The molecule has 1 N–H and O–H groups in total. The molecule has 0 atom stereocenters. The number of ether oxygens (including phenoxy) is 1. The minimum atomic E-state index is -0.104. The first-order valence-electron chi connectivity index (χ1n) is 8.64. The summed E-state index contributed by atoms with van der Waals surface area (Å²) < 4.78 is 7.51. The number of fused-ring (bicyclic) bond motifs is 1. The van der Waals surface area contributed by atoms with Crippen LogP contribution < -0.4 is 15.0 Å². The summed E-state index contributed by atoms with van der Waals surface area (Å²) >= 11 is 5.19. The standard InChI is InChI=1S/C19H19BrN4O2S/c1-26-16-5-3-2-4-14(16)21-18(25)23-8-10-24(11-9-23)19-22-15-7-6-13(20)12-17(15)27-19/h2-7,12H,8-11H2,1H3,(H,21,25). The van der Waals surface area contributed by atoms with Gasteiger partial charge in [0.25, 0.3) is 0 Å².